The van der Waals surface area contributed by atoms with Crippen LogP contribution in [0, 0.1) is 13.8 Å². The lowest BCUT2D eigenvalue weighted by molar-refractivity contribution is -0.140. The normalized spacial score (nSPS) is 12.8. The summed E-state index contributed by atoms with van der Waals surface area (Å²) in [5.41, 5.74) is 2.92. The predicted molar refractivity (Wildman–Crippen MR) is 156 cm³/mol. The summed E-state index contributed by atoms with van der Waals surface area (Å²) in [7, 11) is -4.09. The van der Waals surface area contributed by atoms with E-state index in [2.05, 4.69) is 5.32 Å². The Balaban J connectivity index is 2.05. The molecule has 0 unspecified atom stereocenters. The summed E-state index contributed by atoms with van der Waals surface area (Å²) in [4.78, 5) is 29.0. The highest BCUT2D eigenvalue weighted by molar-refractivity contribution is 7.92. The fourth-order valence-electron chi connectivity index (χ4n) is 4.33. The Labute approximate surface area is 232 Å². The Morgan fingerprint density at radius 2 is 1.46 bits per heavy atom. The van der Waals surface area contributed by atoms with Gasteiger partial charge in [-0.3, -0.25) is 13.9 Å². The van der Waals surface area contributed by atoms with Crippen LogP contribution < -0.4 is 9.62 Å². The third-order valence-corrected chi connectivity index (χ3v) is 8.63. The van der Waals surface area contributed by atoms with Gasteiger partial charge in [-0.15, -0.1) is 0 Å². The maximum Gasteiger partial charge on any atom is 0.264 e. The molecular formula is C31H39N3O4S. The highest BCUT2D eigenvalue weighted by Gasteiger charge is 2.34. The molecule has 3 rings (SSSR count). The summed E-state index contributed by atoms with van der Waals surface area (Å²) in [5, 5.41) is 2.99. The Bertz CT molecular complexity index is 1360. The summed E-state index contributed by atoms with van der Waals surface area (Å²) in [6.45, 7) is 9.19. The molecule has 0 saturated heterocycles. The largest absolute Gasteiger partial charge is 0.352 e. The molecule has 0 aliphatic heterocycles. The molecule has 0 fully saturated rings. The lowest BCUT2D eigenvalue weighted by Crippen LogP contribution is -2.53. The number of hydrogen-bond donors (Lipinski definition) is 1. The number of carbonyl (C=O) groups excluding carboxylic acids is 2. The van der Waals surface area contributed by atoms with E-state index < -0.39 is 28.5 Å². The highest BCUT2D eigenvalue weighted by Crippen LogP contribution is 2.27. The number of benzene rings is 3. The lowest BCUT2D eigenvalue weighted by Gasteiger charge is -2.34. The smallest absolute Gasteiger partial charge is 0.264 e. The van der Waals surface area contributed by atoms with Gasteiger partial charge < -0.3 is 10.2 Å². The molecule has 208 valence electrons. The molecule has 0 heterocycles. The van der Waals surface area contributed by atoms with Crippen molar-refractivity contribution in [3.05, 3.63) is 95.6 Å². The van der Waals surface area contributed by atoms with Crippen molar-refractivity contribution in [2.45, 2.75) is 71.0 Å². The van der Waals surface area contributed by atoms with Gasteiger partial charge in [0.15, 0.2) is 0 Å². The standard InChI is InChI=1S/C31H39N3O4S/c1-6-25(5)32-31(36)28(7-2)33(21-26-14-9-8-10-15-26)30(35)22-34(29-16-12-11-13-24(29)4)39(37,38)27-19-17-23(3)18-20-27/h8-20,25,28H,6-7,21-22H2,1-5H3,(H,32,36)/t25-,28+/m0/s1. The first kappa shape index (κ1) is 29.9. The van der Waals surface area contributed by atoms with E-state index in [9.17, 15) is 18.0 Å². The molecule has 2 atom stereocenters. The first-order chi connectivity index (χ1) is 18.6. The van der Waals surface area contributed by atoms with Gasteiger partial charge >= 0.3 is 0 Å². The third-order valence-electron chi connectivity index (χ3n) is 6.85. The van der Waals surface area contributed by atoms with Gasteiger partial charge in [0.25, 0.3) is 10.0 Å². The number of hydrogen-bond acceptors (Lipinski definition) is 4. The number of carbonyl (C=O) groups is 2. The molecule has 0 aliphatic carbocycles. The van der Waals surface area contributed by atoms with Crippen LogP contribution in [0.5, 0.6) is 0 Å². The van der Waals surface area contributed by atoms with E-state index in [4.69, 9.17) is 0 Å². The van der Waals surface area contributed by atoms with Crippen LogP contribution in [0.25, 0.3) is 0 Å². The van der Waals surface area contributed by atoms with Gasteiger partial charge in [0.1, 0.15) is 12.6 Å². The van der Waals surface area contributed by atoms with Crippen molar-refractivity contribution >= 4 is 27.5 Å². The van der Waals surface area contributed by atoms with E-state index in [1.807, 2.05) is 77.1 Å². The Morgan fingerprint density at radius 1 is 0.846 bits per heavy atom. The maximum atomic E-state index is 14.1. The fraction of sp³-hybridized carbons (Fsp3) is 0.355. The SMILES string of the molecule is CC[C@H](C(=O)N[C@@H](C)CC)N(Cc1ccccc1)C(=O)CN(c1ccccc1C)S(=O)(=O)c1ccc(C)cc1. The topological polar surface area (TPSA) is 86.8 Å². The Hall–Kier alpha value is -3.65. The number of sulfonamides is 1. The molecule has 0 bridgehead atoms. The zero-order valence-electron chi connectivity index (χ0n) is 23.4. The second kappa shape index (κ2) is 13.4. The Kier molecular flexibility index (Phi) is 10.3. The van der Waals surface area contributed by atoms with Gasteiger partial charge in [0.05, 0.1) is 10.6 Å². The van der Waals surface area contributed by atoms with Gasteiger partial charge in [0, 0.05) is 12.6 Å². The molecule has 3 aromatic carbocycles. The van der Waals surface area contributed by atoms with E-state index in [1.54, 1.807) is 36.4 Å². The van der Waals surface area contributed by atoms with Crippen molar-refractivity contribution in [3.63, 3.8) is 0 Å². The predicted octanol–water partition coefficient (Wildman–Crippen LogP) is 5.22. The molecule has 0 aliphatic rings. The van der Waals surface area contributed by atoms with Gasteiger partial charge in [-0.25, -0.2) is 8.42 Å². The minimum atomic E-state index is -4.09. The molecule has 8 heteroatoms. The molecule has 0 radical (unpaired) electrons. The van der Waals surface area contributed by atoms with Crippen LogP contribution in [-0.4, -0.2) is 43.8 Å². The minimum Gasteiger partial charge on any atom is -0.352 e. The summed E-state index contributed by atoms with van der Waals surface area (Å²) in [5.74, 6) is -0.705. The molecule has 2 amide bonds. The molecule has 0 aromatic heterocycles. The third kappa shape index (κ3) is 7.47. The van der Waals surface area contributed by atoms with E-state index in [0.717, 1.165) is 27.4 Å². The second-order valence-electron chi connectivity index (χ2n) is 9.86. The molecule has 7 nitrogen and oxygen atoms in total. The van der Waals surface area contributed by atoms with E-state index in [0.29, 0.717) is 12.1 Å². The molecule has 0 spiro atoms. The minimum absolute atomic E-state index is 0.0504. The van der Waals surface area contributed by atoms with Crippen molar-refractivity contribution in [1.29, 1.82) is 0 Å². The van der Waals surface area contributed by atoms with Crippen molar-refractivity contribution in [3.8, 4) is 0 Å². The average molecular weight is 550 g/mol. The summed E-state index contributed by atoms with van der Waals surface area (Å²) >= 11 is 0. The fourth-order valence-corrected chi connectivity index (χ4v) is 5.81. The molecule has 0 saturated carbocycles. The maximum absolute atomic E-state index is 14.1. The summed E-state index contributed by atoms with van der Waals surface area (Å²) in [6, 6.07) is 22.3. The van der Waals surface area contributed by atoms with E-state index in [-0.39, 0.29) is 23.4 Å². The van der Waals surface area contributed by atoms with Crippen molar-refractivity contribution in [2.75, 3.05) is 10.8 Å². The zero-order valence-corrected chi connectivity index (χ0v) is 24.2. The first-order valence-electron chi connectivity index (χ1n) is 13.4. The zero-order chi connectivity index (χ0) is 28.6. The Morgan fingerprint density at radius 3 is 2.05 bits per heavy atom. The van der Waals surface area contributed by atoms with E-state index >= 15 is 0 Å². The van der Waals surface area contributed by atoms with Crippen molar-refractivity contribution in [2.24, 2.45) is 0 Å². The molecule has 1 N–H and O–H groups in total. The number of nitrogens with one attached hydrogen (secondary N) is 1. The van der Waals surface area contributed by atoms with Gasteiger partial charge in [-0.05, 0) is 62.9 Å². The number of rotatable bonds is 12. The van der Waals surface area contributed by atoms with Crippen LogP contribution in [0.15, 0.2) is 83.8 Å². The van der Waals surface area contributed by atoms with Crippen LogP contribution in [0.3, 0.4) is 0 Å². The molecule has 3 aromatic rings. The van der Waals surface area contributed by atoms with Crippen LogP contribution in [0.1, 0.15) is 50.3 Å². The highest BCUT2D eigenvalue weighted by atomic mass is 32.2. The number of para-hydroxylation sites is 1. The number of anilines is 1. The van der Waals surface area contributed by atoms with Crippen LogP contribution >= 0.6 is 0 Å². The number of nitrogens with zero attached hydrogens (tertiary/aromatic N) is 2. The average Bonchev–Trinajstić information content (AvgIpc) is 2.92. The van der Waals surface area contributed by atoms with Crippen LogP contribution in [0.4, 0.5) is 5.69 Å². The first-order valence-corrected chi connectivity index (χ1v) is 14.8. The quantitative estimate of drug-likeness (QED) is 0.336. The summed E-state index contributed by atoms with van der Waals surface area (Å²) in [6.07, 6.45) is 1.14. The van der Waals surface area contributed by atoms with Gasteiger partial charge in [-0.1, -0.05) is 80.1 Å². The second-order valence-corrected chi connectivity index (χ2v) is 11.7. The molecular weight excluding hydrogens is 510 g/mol. The number of aryl methyl sites for hydroxylation is 2. The summed E-state index contributed by atoms with van der Waals surface area (Å²) < 4.78 is 29.1. The van der Waals surface area contributed by atoms with Crippen LogP contribution in [0.2, 0.25) is 0 Å². The number of amides is 2. The lowest BCUT2D eigenvalue weighted by atomic mass is 10.1. The van der Waals surface area contributed by atoms with Gasteiger partial charge in [-0.2, -0.15) is 0 Å². The van der Waals surface area contributed by atoms with Gasteiger partial charge in [0.2, 0.25) is 11.8 Å². The monoisotopic (exact) mass is 549 g/mol. The van der Waals surface area contributed by atoms with Crippen molar-refractivity contribution in [1.82, 2.24) is 10.2 Å². The van der Waals surface area contributed by atoms with E-state index in [1.165, 1.54) is 4.90 Å². The molecule has 39 heavy (non-hydrogen) atoms. The van der Waals surface area contributed by atoms with Crippen molar-refractivity contribution < 1.29 is 18.0 Å². The van der Waals surface area contributed by atoms with Crippen LogP contribution in [-0.2, 0) is 26.2 Å².